The number of hydrogen-bond acceptors (Lipinski definition) is 7. The van der Waals surface area contributed by atoms with E-state index in [1.54, 1.807) is 7.11 Å². The van der Waals surface area contributed by atoms with Crippen LogP contribution in [0, 0.1) is 11.8 Å². The third-order valence-electron chi connectivity index (χ3n) is 10.1. The number of carbonyl (C=O) groups is 2. The van der Waals surface area contributed by atoms with Gasteiger partial charge in [0.05, 0.1) is 18.6 Å². The number of nitrogens with one attached hydrogen (secondary N) is 1. The van der Waals surface area contributed by atoms with E-state index in [1.165, 1.54) is 31.5 Å². The van der Waals surface area contributed by atoms with Crippen molar-refractivity contribution in [1.29, 1.82) is 0 Å². The first-order valence-corrected chi connectivity index (χ1v) is 15.6. The van der Waals surface area contributed by atoms with Crippen LogP contribution in [-0.2, 0) is 23.7 Å². The number of amides is 2. The lowest BCUT2D eigenvalue weighted by Gasteiger charge is -2.43. The van der Waals surface area contributed by atoms with Gasteiger partial charge in [-0.15, -0.1) is 0 Å². The minimum atomic E-state index is -0.618. The van der Waals surface area contributed by atoms with Gasteiger partial charge in [0, 0.05) is 26.2 Å². The van der Waals surface area contributed by atoms with Crippen molar-refractivity contribution in [3.63, 3.8) is 0 Å². The predicted molar refractivity (Wildman–Crippen MR) is 152 cm³/mol. The Labute approximate surface area is 240 Å². The first-order valence-electron chi connectivity index (χ1n) is 15.6. The fraction of sp³-hybridized carbons (Fsp3) is 0.871. The second-order valence-electron chi connectivity index (χ2n) is 13.5. The molecule has 1 N–H and O–H groups in total. The summed E-state index contributed by atoms with van der Waals surface area (Å²) >= 11 is 0. The number of hydrogen-bond donors (Lipinski definition) is 1. The summed E-state index contributed by atoms with van der Waals surface area (Å²) in [6.45, 7) is 14.8. The molecular weight excluding hydrogens is 510 g/mol. The molecule has 7 atom stereocenters. The molecule has 1 spiro atoms. The van der Waals surface area contributed by atoms with Crippen molar-refractivity contribution in [3.05, 3.63) is 11.6 Å². The van der Waals surface area contributed by atoms with E-state index in [2.05, 4.69) is 37.1 Å². The molecule has 0 radical (unpaired) electrons. The zero-order valence-corrected chi connectivity index (χ0v) is 25.4. The molecule has 226 valence electrons. The Bertz CT molecular complexity index is 949. The maximum Gasteiger partial charge on any atom is 0.408 e. The number of carbonyl (C=O) groups excluding carboxylic acids is 2. The number of epoxide rings is 2. The fourth-order valence-electron chi connectivity index (χ4n) is 7.64. The van der Waals surface area contributed by atoms with Crippen molar-refractivity contribution in [3.8, 4) is 0 Å². The Morgan fingerprint density at radius 1 is 1.10 bits per heavy atom. The number of allylic oxidation sites excluding steroid dienone is 1. The summed E-state index contributed by atoms with van der Waals surface area (Å²) in [5.74, 6) is -0.0964. The molecule has 1 unspecified atom stereocenters. The summed E-state index contributed by atoms with van der Waals surface area (Å²) in [4.78, 5) is 31.3. The largest absolute Gasteiger partial charge is 0.443 e. The van der Waals surface area contributed by atoms with Gasteiger partial charge in [-0.1, -0.05) is 25.5 Å². The van der Waals surface area contributed by atoms with Gasteiger partial charge in [0.15, 0.2) is 0 Å². The second-order valence-corrected chi connectivity index (χ2v) is 13.5. The van der Waals surface area contributed by atoms with Gasteiger partial charge in [-0.25, -0.2) is 4.79 Å². The molecule has 4 saturated heterocycles. The van der Waals surface area contributed by atoms with E-state index in [9.17, 15) is 9.59 Å². The maximum absolute atomic E-state index is 13.5. The highest BCUT2D eigenvalue weighted by molar-refractivity contribution is 5.86. The van der Waals surface area contributed by atoms with E-state index >= 15 is 0 Å². The first kappa shape index (κ1) is 29.8. The van der Waals surface area contributed by atoms with Crippen LogP contribution in [0.1, 0.15) is 79.6 Å². The normalized spacial score (nSPS) is 36.9. The minimum Gasteiger partial charge on any atom is -0.443 e. The van der Waals surface area contributed by atoms with Crippen LogP contribution in [0.15, 0.2) is 11.6 Å². The van der Waals surface area contributed by atoms with E-state index in [1.807, 2.05) is 18.7 Å². The van der Waals surface area contributed by atoms with Crippen molar-refractivity contribution in [2.24, 2.45) is 11.8 Å². The number of rotatable bonds is 9. The maximum atomic E-state index is 13.5. The Hall–Kier alpha value is -1.68. The molecule has 0 aromatic rings. The zero-order chi connectivity index (χ0) is 28.7. The Morgan fingerprint density at radius 2 is 1.77 bits per heavy atom. The topological polar surface area (TPSA) is 96.2 Å². The van der Waals surface area contributed by atoms with Gasteiger partial charge >= 0.3 is 6.09 Å². The monoisotopic (exact) mass is 561 g/mol. The summed E-state index contributed by atoms with van der Waals surface area (Å²) in [5, 5.41) is 2.93. The molecule has 2 amide bonds. The van der Waals surface area contributed by atoms with Crippen LogP contribution in [0.2, 0.25) is 0 Å². The minimum absolute atomic E-state index is 0.0111. The standard InChI is InChI=1S/C31H51N3O6/c1-20(2)9-10-24-30(5,40-24)27-26(37-6)23(11-14-31(27)19-38-31)39-29(36)32-25(21(3)4)28(35)34-17-12-22(13-18-34)33-15-7-8-16-33/h9,21-27H,7-8,10-19H2,1-6H3,(H,32,36)/t23-,24-,25-,26?,27-,30+,31+/m1/s1. The first-order chi connectivity index (χ1) is 19.1. The summed E-state index contributed by atoms with van der Waals surface area (Å²) < 4.78 is 24.4. The lowest BCUT2D eigenvalue weighted by atomic mass is 9.68. The number of ether oxygens (including phenoxy) is 4. The molecule has 40 heavy (non-hydrogen) atoms. The highest BCUT2D eigenvalue weighted by Crippen LogP contribution is 2.59. The second kappa shape index (κ2) is 11.9. The smallest absolute Gasteiger partial charge is 0.408 e. The van der Waals surface area contributed by atoms with Crippen LogP contribution in [0.3, 0.4) is 0 Å². The highest BCUT2D eigenvalue weighted by atomic mass is 16.6. The average molecular weight is 562 g/mol. The quantitative estimate of drug-likeness (QED) is 0.337. The molecule has 1 saturated carbocycles. The van der Waals surface area contributed by atoms with Crippen molar-refractivity contribution in [2.75, 3.05) is 39.9 Å². The van der Waals surface area contributed by atoms with Gasteiger partial charge in [-0.05, 0) is 84.7 Å². The van der Waals surface area contributed by atoms with Gasteiger partial charge in [0.25, 0.3) is 0 Å². The lowest BCUT2D eigenvalue weighted by Crippen LogP contribution is -2.58. The van der Waals surface area contributed by atoms with Crippen LogP contribution in [0.5, 0.6) is 0 Å². The molecule has 9 heteroatoms. The molecule has 5 aliphatic rings. The van der Waals surface area contributed by atoms with Crippen molar-refractivity contribution >= 4 is 12.0 Å². The van der Waals surface area contributed by atoms with Gasteiger partial charge in [-0.2, -0.15) is 0 Å². The van der Waals surface area contributed by atoms with Gasteiger partial charge in [0.1, 0.15) is 29.5 Å². The van der Waals surface area contributed by atoms with Crippen LogP contribution < -0.4 is 5.32 Å². The van der Waals surface area contributed by atoms with Crippen molar-refractivity contribution in [2.45, 2.75) is 121 Å². The molecule has 9 nitrogen and oxygen atoms in total. The molecule has 4 aliphatic heterocycles. The number of nitrogens with zero attached hydrogens (tertiary/aromatic N) is 2. The summed E-state index contributed by atoms with van der Waals surface area (Å²) in [6.07, 6.45) is 7.82. The number of piperidine rings is 1. The lowest BCUT2D eigenvalue weighted by molar-refractivity contribution is -0.136. The van der Waals surface area contributed by atoms with Crippen LogP contribution in [0.25, 0.3) is 0 Å². The van der Waals surface area contributed by atoms with Crippen LogP contribution in [0.4, 0.5) is 4.79 Å². The van der Waals surface area contributed by atoms with E-state index < -0.39 is 18.2 Å². The van der Waals surface area contributed by atoms with Crippen LogP contribution in [-0.4, -0.2) is 103 Å². The van der Waals surface area contributed by atoms with Gasteiger partial charge in [-0.3, -0.25) is 4.79 Å². The van der Waals surface area contributed by atoms with Gasteiger partial charge in [0.2, 0.25) is 5.91 Å². The Balaban J connectivity index is 1.19. The van der Waals surface area contributed by atoms with Crippen molar-refractivity contribution < 1.29 is 28.5 Å². The summed E-state index contributed by atoms with van der Waals surface area (Å²) in [6, 6.07) is -0.0445. The zero-order valence-electron chi connectivity index (χ0n) is 25.4. The Morgan fingerprint density at radius 3 is 2.35 bits per heavy atom. The van der Waals surface area contributed by atoms with Crippen LogP contribution >= 0.6 is 0 Å². The molecule has 5 fully saturated rings. The third kappa shape index (κ3) is 6.08. The van der Waals surface area contributed by atoms with E-state index in [4.69, 9.17) is 18.9 Å². The predicted octanol–water partition coefficient (Wildman–Crippen LogP) is 3.90. The average Bonchev–Trinajstić information content (AvgIpc) is 3.76. The van der Waals surface area contributed by atoms with Gasteiger partial charge < -0.3 is 34.1 Å². The fourth-order valence-corrected chi connectivity index (χ4v) is 7.64. The van der Waals surface area contributed by atoms with E-state index in [0.29, 0.717) is 19.1 Å². The van der Waals surface area contributed by atoms with Crippen molar-refractivity contribution in [1.82, 2.24) is 15.1 Å². The number of alkyl carbamates (subject to hydrolysis) is 1. The molecule has 0 aromatic carbocycles. The highest BCUT2D eigenvalue weighted by Gasteiger charge is 2.72. The SMILES string of the molecule is COC1[C@H](OC(=O)N[C@@H](C(=O)N2CCC(N3CCCC3)CC2)C(C)C)CC[C@]2(CO2)[C@H]1[C@@]1(C)O[C@@H]1CC=C(C)C. The summed E-state index contributed by atoms with van der Waals surface area (Å²) in [7, 11) is 1.68. The van der Waals surface area contributed by atoms with E-state index in [0.717, 1.165) is 38.8 Å². The van der Waals surface area contributed by atoms with E-state index in [-0.39, 0.29) is 41.2 Å². The molecule has 5 rings (SSSR count). The molecule has 0 bridgehead atoms. The number of likely N-dealkylation sites (tertiary alicyclic amines) is 2. The Kier molecular flexibility index (Phi) is 8.87. The summed E-state index contributed by atoms with van der Waals surface area (Å²) in [5.41, 5.74) is 0.604. The molecule has 0 aromatic heterocycles. The number of methoxy groups -OCH3 is 1. The molecular formula is C31H51N3O6. The molecule has 1 aliphatic carbocycles. The molecule has 4 heterocycles. The third-order valence-corrected chi connectivity index (χ3v) is 10.1.